The quantitative estimate of drug-likeness (QED) is 0.535. The van der Waals surface area contributed by atoms with E-state index in [-0.39, 0.29) is 31.4 Å². The Bertz CT molecular complexity index is 620. The summed E-state index contributed by atoms with van der Waals surface area (Å²) >= 11 is 0. The predicted molar refractivity (Wildman–Crippen MR) is 83.4 cm³/mol. The van der Waals surface area contributed by atoms with Gasteiger partial charge in [0, 0.05) is 12.0 Å². The highest BCUT2D eigenvalue weighted by molar-refractivity contribution is 7.53. The van der Waals surface area contributed by atoms with Gasteiger partial charge in [0.15, 0.2) is 0 Å². The fraction of sp³-hybridized carbons (Fsp3) is 0.500. The van der Waals surface area contributed by atoms with Gasteiger partial charge in [-0.2, -0.15) is 13.2 Å². The van der Waals surface area contributed by atoms with Gasteiger partial charge >= 0.3 is 13.8 Å². The average molecular weight is 348 g/mol. The lowest BCUT2D eigenvalue weighted by Crippen LogP contribution is -2.07. The van der Waals surface area contributed by atoms with Crippen LogP contribution in [0.3, 0.4) is 0 Å². The van der Waals surface area contributed by atoms with Crippen molar-refractivity contribution in [1.29, 1.82) is 0 Å². The van der Waals surface area contributed by atoms with Gasteiger partial charge in [-0.3, -0.25) is 4.57 Å². The van der Waals surface area contributed by atoms with Crippen LogP contribution in [0.2, 0.25) is 0 Å². The summed E-state index contributed by atoms with van der Waals surface area (Å²) in [6.45, 7) is 5.56. The first kappa shape index (κ1) is 19.8. The van der Waals surface area contributed by atoms with Gasteiger partial charge < -0.3 is 9.05 Å². The zero-order chi connectivity index (χ0) is 17.5. The van der Waals surface area contributed by atoms with Gasteiger partial charge in [-0.25, -0.2) is 0 Å². The molecule has 0 aliphatic heterocycles. The van der Waals surface area contributed by atoms with E-state index in [4.69, 9.17) is 9.05 Å². The third-order valence-corrected chi connectivity index (χ3v) is 4.94. The molecule has 0 aliphatic rings. The molecule has 0 atom stereocenters. The maximum absolute atomic E-state index is 12.9. The molecule has 0 radical (unpaired) electrons. The van der Waals surface area contributed by atoms with Crippen molar-refractivity contribution in [2.45, 2.75) is 33.4 Å². The fourth-order valence-electron chi connectivity index (χ4n) is 1.92. The van der Waals surface area contributed by atoms with E-state index in [2.05, 4.69) is 11.8 Å². The lowest BCUT2D eigenvalue weighted by Gasteiger charge is -2.15. The maximum Gasteiger partial charge on any atom is 0.417 e. The van der Waals surface area contributed by atoms with Gasteiger partial charge in [0.05, 0.1) is 24.9 Å². The SMILES string of the molecule is CCOP(=O)(CCC#Cc1cc(C)ccc1C(F)(F)F)OCC. The van der Waals surface area contributed by atoms with E-state index in [9.17, 15) is 17.7 Å². The number of hydrogen-bond acceptors (Lipinski definition) is 3. The summed E-state index contributed by atoms with van der Waals surface area (Å²) in [6.07, 6.45) is -4.28. The number of hydrogen-bond donors (Lipinski definition) is 0. The minimum atomic E-state index is -4.45. The van der Waals surface area contributed by atoms with Crippen LogP contribution in [0.5, 0.6) is 0 Å². The molecule has 23 heavy (non-hydrogen) atoms. The molecule has 1 rings (SSSR count). The molecule has 7 heteroatoms. The van der Waals surface area contributed by atoms with E-state index in [1.54, 1.807) is 20.8 Å². The molecular formula is C16H20F3O3P. The van der Waals surface area contributed by atoms with Crippen molar-refractivity contribution in [3.63, 3.8) is 0 Å². The Morgan fingerprint density at radius 1 is 1.17 bits per heavy atom. The minimum absolute atomic E-state index is 0.0504. The number of aryl methyl sites for hydroxylation is 1. The molecule has 0 unspecified atom stereocenters. The molecule has 0 aliphatic carbocycles. The first-order valence-electron chi connectivity index (χ1n) is 7.26. The Morgan fingerprint density at radius 2 is 1.78 bits per heavy atom. The topological polar surface area (TPSA) is 35.5 Å². The van der Waals surface area contributed by atoms with Crippen LogP contribution in [-0.2, 0) is 19.8 Å². The van der Waals surface area contributed by atoms with Crippen LogP contribution in [0.25, 0.3) is 0 Å². The van der Waals surface area contributed by atoms with E-state index >= 15 is 0 Å². The third kappa shape index (κ3) is 6.39. The fourth-order valence-corrected chi connectivity index (χ4v) is 3.42. The van der Waals surface area contributed by atoms with E-state index in [1.165, 1.54) is 12.1 Å². The molecule has 0 fully saturated rings. The highest BCUT2D eigenvalue weighted by Gasteiger charge is 2.32. The van der Waals surface area contributed by atoms with Gasteiger partial charge in [0.1, 0.15) is 0 Å². The second-order valence-corrected chi connectivity index (χ2v) is 6.95. The van der Waals surface area contributed by atoms with Crippen LogP contribution in [0.1, 0.15) is 37.0 Å². The van der Waals surface area contributed by atoms with Crippen molar-refractivity contribution < 1.29 is 26.8 Å². The summed E-state index contributed by atoms with van der Waals surface area (Å²) in [7, 11) is -3.22. The summed E-state index contributed by atoms with van der Waals surface area (Å²) in [5.74, 6) is 5.15. The number of rotatable bonds is 6. The second kappa shape index (κ2) is 8.54. The Hall–Kier alpha value is -1.28. The maximum atomic E-state index is 12.9. The molecule has 0 heterocycles. The van der Waals surface area contributed by atoms with Crippen LogP contribution in [-0.4, -0.2) is 19.4 Å². The van der Waals surface area contributed by atoms with Crippen molar-refractivity contribution in [3.05, 3.63) is 34.9 Å². The molecule has 0 bridgehead atoms. The van der Waals surface area contributed by atoms with Crippen LogP contribution < -0.4 is 0 Å². The standard InChI is InChI=1S/C16H20F3O3P/c1-4-21-23(20,22-5-2)11-7-6-8-14-12-13(3)9-10-15(14)16(17,18)19/h9-10,12H,4-5,7,11H2,1-3H3. The van der Waals surface area contributed by atoms with Gasteiger partial charge in [-0.05, 0) is 38.5 Å². The van der Waals surface area contributed by atoms with E-state index in [0.717, 1.165) is 6.07 Å². The highest BCUT2D eigenvalue weighted by Crippen LogP contribution is 2.48. The Morgan fingerprint density at radius 3 is 2.30 bits per heavy atom. The Kier molecular flexibility index (Phi) is 7.34. The normalized spacial score (nSPS) is 11.9. The van der Waals surface area contributed by atoms with Crippen molar-refractivity contribution in [3.8, 4) is 11.8 Å². The summed E-state index contributed by atoms with van der Waals surface area (Å²) in [5, 5.41) is 0. The zero-order valence-electron chi connectivity index (χ0n) is 13.4. The van der Waals surface area contributed by atoms with Crippen molar-refractivity contribution in [1.82, 2.24) is 0 Å². The van der Waals surface area contributed by atoms with Crippen LogP contribution in [0.4, 0.5) is 13.2 Å². The smallest absolute Gasteiger partial charge is 0.309 e. The minimum Gasteiger partial charge on any atom is -0.309 e. The molecule has 1 aromatic carbocycles. The molecule has 3 nitrogen and oxygen atoms in total. The van der Waals surface area contributed by atoms with Crippen molar-refractivity contribution in [2.24, 2.45) is 0 Å². The zero-order valence-corrected chi connectivity index (χ0v) is 14.3. The number of halogens is 3. The molecule has 0 N–H and O–H groups in total. The summed E-state index contributed by atoms with van der Waals surface area (Å²) in [6, 6.07) is 3.80. The van der Waals surface area contributed by atoms with Gasteiger partial charge in [0.2, 0.25) is 0 Å². The third-order valence-electron chi connectivity index (χ3n) is 2.87. The Labute approximate surface area is 134 Å². The summed E-state index contributed by atoms with van der Waals surface area (Å²) < 4.78 is 61.2. The molecule has 0 spiro atoms. The van der Waals surface area contributed by atoms with E-state index < -0.39 is 19.3 Å². The lowest BCUT2D eigenvalue weighted by atomic mass is 10.0. The lowest BCUT2D eigenvalue weighted by molar-refractivity contribution is -0.137. The van der Waals surface area contributed by atoms with Crippen LogP contribution in [0.15, 0.2) is 18.2 Å². The predicted octanol–water partition coefficient (Wildman–Crippen LogP) is 5.02. The Balaban J connectivity index is 2.88. The van der Waals surface area contributed by atoms with Crippen LogP contribution >= 0.6 is 7.60 Å². The first-order valence-corrected chi connectivity index (χ1v) is 8.99. The number of benzene rings is 1. The van der Waals surface area contributed by atoms with Gasteiger partial charge in [-0.1, -0.05) is 17.9 Å². The molecule has 0 amide bonds. The van der Waals surface area contributed by atoms with Gasteiger partial charge in [0.25, 0.3) is 0 Å². The molecular weight excluding hydrogens is 328 g/mol. The molecule has 0 saturated heterocycles. The van der Waals surface area contributed by atoms with Crippen LogP contribution in [0, 0.1) is 18.8 Å². The van der Waals surface area contributed by atoms with Gasteiger partial charge in [-0.15, -0.1) is 0 Å². The highest BCUT2D eigenvalue weighted by atomic mass is 31.2. The molecule has 1 aromatic rings. The average Bonchev–Trinajstić information content (AvgIpc) is 2.43. The second-order valence-electron chi connectivity index (χ2n) is 4.77. The van der Waals surface area contributed by atoms with Crippen molar-refractivity contribution in [2.75, 3.05) is 19.4 Å². The largest absolute Gasteiger partial charge is 0.417 e. The van der Waals surface area contributed by atoms with E-state index in [0.29, 0.717) is 5.56 Å². The van der Waals surface area contributed by atoms with Crippen molar-refractivity contribution >= 4 is 7.60 Å². The molecule has 0 saturated carbocycles. The monoisotopic (exact) mass is 348 g/mol. The molecule has 0 aromatic heterocycles. The summed E-state index contributed by atoms with van der Waals surface area (Å²) in [5.41, 5.74) is -0.162. The summed E-state index contributed by atoms with van der Waals surface area (Å²) in [4.78, 5) is 0. The number of alkyl halides is 3. The first-order chi connectivity index (χ1) is 10.7. The molecule has 128 valence electrons. The van der Waals surface area contributed by atoms with E-state index in [1.807, 2.05) is 0 Å².